The lowest BCUT2D eigenvalue weighted by atomic mass is 10.0. The van der Waals surface area contributed by atoms with Crippen molar-refractivity contribution in [1.29, 1.82) is 0 Å². The molecule has 0 saturated carbocycles. The highest BCUT2D eigenvalue weighted by atomic mass is 19.1. The second-order valence-electron chi connectivity index (χ2n) is 3.60. The molecule has 0 aliphatic rings. The van der Waals surface area contributed by atoms with Gasteiger partial charge in [0.1, 0.15) is 11.6 Å². The zero-order valence-corrected chi connectivity index (χ0v) is 8.30. The van der Waals surface area contributed by atoms with E-state index in [1.807, 2.05) is 6.07 Å². The summed E-state index contributed by atoms with van der Waals surface area (Å²) in [7, 11) is 1.55. The van der Waals surface area contributed by atoms with Crippen LogP contribution in [0, 0.1) is 11.7 Å². The van der Waals surface area contributed by atoms with Gasteiger partial charge in [-0.1, -0.05) is 13.8 Å². The van der Waals surface area contributed by atoms with E-state index in [1.54, 1.807) is 13.2 Å². The third-order valence-corrected chi connectivity index (χ3v) is 1.81. The molecular formula is C11H15FO. The summed E-state index contributed by atoms with van der Waals surface area (Å²) in [6.45, 7) is 4.22. The van der Waals surface area contributed by atoms with Crippen molar-refractivity contribution in [2.75, 3.05) is 7.11 Å². The third-order valence-electron chi connectivity index (χ3n) is 1.81. The molecule has 1 rings (SSSR count). The van der Waals surface area contributed by atoms with Crippen molar-refractivity contribution < 1.29 is 9.13 Å². The maximum atomic E-state index is 13.0. The summed E-state index contributed by atoms with van der Waals surface area (Å²) >= 11 is 0. The Kier molecular flexibility index (Phi) is 3.29. The number of rotatable bonds is 3. The second kappa shape index (κ2) is 4.26. The molecular weight excluding hydrogens is 167 g/mol. The van der Waals surface area contributed by atoms with Gasteiger partial charge in [0.15, 0.2) is 0 Å². The van der Waals surface area contributed by atoms with Gasteiger partial charge in [0, 0.05) is 6.07 Å². The van der Waals surface area contributed by atoms with Gasteiger partial charge in [-0.15, -0.1) is 0 Å². The van der Waals surface area contributed by atoms with Crippen LogP contribution >= 0.6 is 0 Å². The van der Waals surface area contributed by atoms with Crippen LogP contribution in [0.5, 0.6) is 5.75 Å². The maximum absolute atomic E-state index is 13.0. The van der Waals surface area contributed by atoms with Gasteiger partial charge < -0.3 is 4.74 Å². The molecule has 0 aromatic heterocycles. The first-order chi connectivity index (χ1) is 6.11. The van der Waals surface area contributed by atoms with Crippen LogP contribution in [0.4, 0.5) is 4.39 Å². The predicted molar refractivity (Wildman–Crippen MR) is 51.5 cm³/mol. The minimum absolute atomic E-state index is 0.227. The minimum Gasteiger partial charge on any atom is -0.497 e. The van der Waals surface area contributed by atoms with E-state index in [2.05, 4.69) is 13.8 Å². The normalized spacial score (nSPS) is 10.5. The fourth-order valence-electron chi connectivity index (χ4n) is 1.33. The minimum atomic E-state index is -0.227. The van der Waals surface area contributed by atoms with Gasteiger partial charge in [-0.05, 0) is 30.0 Å². The number of hydrogen-bond donors (Lipinski definition) is 0. The quantitative estimate of drug-likeness (QED) is 0.698. The van der Waals surface area contributed by atoms with Gasteiger partial charge in [-0.3, -0.25) is 0 Å². The van der Waals surface area contributed by atoms with Crippen molar-refractivity contribution in [2.24, 2.45) is 5.92 Å². The first-order valence-corrected chi connectivity index (χ1v) is 4.45. The van der Waals surface area contributed by atoms with Crippen molar-refractivity contribution >= 4 is 0 Å². The van der Waals surface area contributed by atoms with Crippen LogP contribution in [-0.4, -0.2) is 7.11 Å². The molecule has 0 unspecified atom stereocenters. The standard InChI is InChI=1S/C11H15FO/c1-8(2)4-9-5-10(12)7-11(6-9)13-3/h5-8H,4H2,1-3H3. The van der Waals surface area contributed by atoms with Gasteiger partial charge in [0.05, 0.1) is 7.11 Å². The third kappa shape index (κ3) is 3.05. The lowest BCUT2D eigenvalue weighted by molar-refractivity contribution is 0.410. The summed E-state index contributed by atoms with van der Waals surface area (Å²) in [6, 6.07) is 4.83. The Morgan fingerprint density at radius 3 is 2.54 bits per heavy atom. The molecule has 72 valence electrons. The SMILES string of the molecule is COc1cc(F)cc(CC(C)C)c1. The van der Waals surface area contributed by atoms with E-state index >= 15 is 0 Å². The number of benzene rings is 1. The summed E-state index contributed by atoms with van der Waals surface area (Å²) in [5.74, 6) is 0.900. The largest absolute Gasteiger partial charge is 0.497 e. The van der Waals surface area contributed by atoms with E-state index in [4.69, 9.17) is 4.74 Å². The first kappa shape index (κ1) is 10.0. The Bertz CT molecular complexity index is 281. The lowest BCUT2D eigenvalue weighted by Crippen LogP contribution is -1.95. The molecule has 0 amide bonds. The van der Waals surface area contributed by atoms with Gasteiger partial charge >= 0.3 is 0 Å². The number of ether oxygens (including phenoxy) is 1. The molecule has 1 aromatic rings. The van der Waals surface area contributed by atoms with Crippen molar-refractivity contribution in [3.05, 3.63) is 29.6 Å². The average Bonchev–Trinajstić information content (AvgIpc) is 2.01. The Balaban J connectivity index is 2.88. The fourth-order valence-corrected chi connectivity index (χ4v) is 1.33. The Hall–Kier alpha value is -1.05. The summed E-state index contributed by atoms with van der Waals surface area (Å²) in [5.41, 5.74) is 0.992. The van der Waals surface area contributed by atoms with Gasteiger partial charge in [0.25, 0.3) is 0 Å². The van der Waals surface area contributed by atoms with E-state index in [-0.39, 0.29) is 5.82 Å². The molecule has 0 saturated heterocycles. The van der Waals surface area contributed by atoms with E-state index in [1.165, 1.54) is 6.07 Å². The molecule has 0 aliphatic carbocycles. The average molecular weight is 182 g/mol. The van der Waals surface area contributed by atoms with Crippen LogP contribution < -0.4 is 4.74 Å². The molecule has 0 radical (unpaired) electrons. The van der Waals surface area contributed by atoms with Crippen LogP contribution in [-0.2, 0) is 6.42 Å². The Labute approximate surface area is 78.5 Å². The molecule has 0 atom stereocenters. The molecule has 0 spiro atoms. The van der Waals surface area contributed by atoms with Crippen molar-refractivity contribution in [2.45, 2.75) is 20.3 Å². The molecule has 0 aliphatic heterocycles. The Morgan fingerprint density at radius 1 is 1.31 bits per heavy atom. The van der Waals surface area contributed by atoms with Gasteiger partial charge in [-0.25, -0.2) is 4.39 Å². The first-order valence-electron chi connectivity index (χ1n) is 4.45. The van der Waals surface area contributed by atoms with E-state index < -0.39 is 0 Å². The summed E-state index contributed by atoms with van der Waals surface area (Å²) < 4.78 is 18.0. The number of methoxy groups -OCH3 is 1. The lowest BCUT2D eigenvalue weighted by Gasteiger charge is -2.07. The molecule has 1 nitrogen and oxygen atoms in total. The molecule has 2 heteroatoms. The van der Waals surface area contributed by atoms with Crippen LogP contribution in [0.2, 0.25) is 0 Å². The van der Waals surface area contributed by atoms with Crippen LogP contribution in [0.25, 0.3) is 0 Å². The zero-order chi connectivity index (χ0) is 9.84. The van der Waals surface area contributed by atoms with Crippen LogP contribution in [0.1, 0.15) is 19.4 Å². The van der Waals surface area contributed by atoms with E-state index in [0.29, 0.717) is 11.7 Å². The molecule has 0 bridgehead atoms. The highest BCUT2D eigenvalue weighted by Crippen LogP contribution is 2.18. The van der Waals surface area contributed by atoms with Gasteiger partial charge in [0.2, 0.25) is 0 Å². The highest BCUT2D eigenvalue weighted by Gasteiger charge is 2.02. The predicted octanol–water partition coefficient (Wildman–Crippen LogP) is 3.03. The Morgan fingerprint density at radius 2 is 2.00 bits per heavy atom. The van der Waals surface area contributed by atoms with Crippen LogP contribution in [0.3, 0.4) is 0 Å². The second-order valence-corrected chi connectivity index (χ2v) is 3.60. The molecule has 1 aromatic carbocycles. The summed E-state index contributed by atoms with van der Waals surface area (Å²) in [5, 5.41) is 0. The van der Waals surface area contributed by atoms with Crippen molar-refractivity contribution in [1.82, 2.24) is 0 Å². The maximum Gasteiger partial charge on any atom is 0.127 e. The fraction of sp³-hybridized carbons (Fsp3) is 0.455. The topological polar surface area (TPSA) is 9.23 Å². The van der Waals surface area contributed by atoms with Gasteiger partial charge in [-0.2, -0.15) is 0 Å². The van der Waals surface area contributed by atoms with Crippen molar-refractivity contribution in [3.8, 4) is 5.75 Å². The summed E-state index contributed by atoms with van der Waals surface area (Å²) in [4.78, 5) is 0. The molecule has 0 N–H and O–H groups in total. The van der Waals surface area contributed by atoms with Crippen molar-refractivity contribution in [3.63, 3.8) is 0 Å². The zero-order valence-electron chi connectivity index (χ0n) is 8.30. The molecule has 0 fully saturated rings. The van der Waals surface area contributed by atoms with E-state index in [9.17, 15) is 4.39 Å². The number of halogens is 1. The molecule has 0 heterocycles. The van der Waals surface area contributed by atoms with E-state index in [0.717, 1.165) is 12.0 Å². The van der Waals surface area contributed by atoms with Crippen LogP contribution in [0.15, 0.2) is 18.2 Å². The monoisotopic (exact) mass is 182 g/mol. The molecule has 13 heavy (non-hydrogen) atoms. The smallest absolute Gasteiger partial charge is 0.127 e. The summed E-state index contributed by atoms with van der Waals surface area (Å²) in [6.07, 6.45) is 0.883. The highest BCUT2D eigenvalue weighted by molar-refractivity contribution is 5.29. The number of hydrogen-bond acceptors (Lipinski definition) is 1.